The zero-order valence-electron chi connectivity index (χ0n) is 22.7. The number of furan rings is 1. The van der Waals surface area contributed by atoms with Gasteiger partial charge < -0.3 is 9.15 Å². The normalized spacial score (nSPS) is 12.0. The topological polar surface area (TPSA) is 22.4 Å². The molecule has 0 bridgehead atoms. The Kier molecular flexibility index (Phi) is 4.93. The first-order valence-electron chi connectivity index (χ1n) is 14.3. The van der Waals surface area contributed by atoms with Gasteiger partial charge in [-0.2, -0.15) is 0 Å². The van der Waals surface area contributed by atoms with Crippen molar-refractivity contribution in [3.8, 4) is 56.4 Å². The number of rotatable bonds is 3. The smallest absolute Gasteiger partial charge is 0.135 e. The van der Waals surface area contributed by atoms with E-state index in [0.29, 0.717) is 0 Å². The number of fused-ring (bicyclic) bond motifs is 5. The molecule has 196 valence electrons. The summed E-state index contributed by atoms with van der Waals surface area (Å²) in [6.45, 7) is 0. The van der Waals surface area contributed by atoms with Gasteiger partial charge in [-0.25, -0.2) is 0 Å². The number of ether oxygens (including phenoxy) is 1. The molecule has 1 aliphatic rings. The van der Waals surface area contributed by atoms with Crippen LogP contribution in [0.4, 0.5) is 0 Å². The van der Waals surface area contributed by atoms with Crippen molar-refractivity contribution in [1.29, 1.82) is 0 Å². The van der Waals surface area contributed by atoms with Crippen LogP contribution in [-0.4, -0.2) is 0 Å². The Morgan fingerprint density at radius 1 is 0.357 bits per heavy atom. The quantitative estimate of drug-likeness (QED) is 0.210. The van der Waals surface area contributed by atoms with Crippen LogP contribution in [0.25, 0.3) is 77.2 Å². The number of benzene rings is 7. The van der Waals surface area contributed by atoms with Crippen LogP contribution in [0.5, 0.6) is 11.5 Å². The Morgan fingerprint density at radius 2 is 1.05 bits per heavy atom. The van der Waals surface area contributed by atoms with Gasteiger partial charge in [-0.15, -0.1) is 0 Å². The lowest BCUT2D eigenvalue weighted by Gasteiger charge is -2.21. The zero-order valence-corrected chi connectivity index (χ0v) is 22.7. The predicted molar refractivity (Wildman–Crippen MR) is 173 cm³/mol. The molecule has 2 heteroatoms. The molecule has 0 aliphatic carbocycles. The van der Waals surface area contributed by atoms with E-state index in [1.807, 2.05) is 18.2 Å². The Hall–Kier alpha value is -5.60. The lowest BCUT2D eigenvalue weighted by molar-refractivity contribution is 0.487. The molecule has 42 heavy (non-hydrogen) atoms. The molecule has 0 atom stereocenters. The van der Waals surface area contributed by atoms with Crippen molar-refractivity contribution in [2.75, 3.05) is 0 Å². The SMILES string of the molecule is c1cc2c3c(cccc3c1)-c1cc(-c3ccc(-c4ccc(-c5cccc6c5ccc5ccccc56)cc4)o3)ccc1O2. The summed E-state index contributed by atoms with van der Waals surface area (Å²) >= 11 is 0. The minimum atomic E-state index is 0.837. The van der Waals surface area contributed by atoms with Crippen molar-refractivity contribution in [1.82, 2.24) is 0 Å². The van der Waals surface area contributed by atoms with Crippen LogP contribution in [0.15, 0.2) is 150 Å². The summed E-state index contributed by atoms with van der Waals surface area (Å²) in [7, 11) is 0. The molecule has 1 aromatic heterocycles. The van der Waals surface area contributed by atoms with Gasteiger partial charge in [0.2, 0.25) is 0 Å². The number of hydrogen-bond acceptors (Lipinski definition) is 2. The standard InChI is InChI=1S/C40H24O2/c1-2-9-30-25(6-1)18-20-33-31(10-5-11-32(30)33)26-14-16-27(17-15-26)36-22-23-37(41-36)29-19-21-38-35(24-29)34-12-3-7-28-8-4-13-39(42-38)40(28)34/h1-24H. The van der Waals surface area contributed by atoms with Crippen LogP contribution >= 0.6 is 0 Å². The molecule has 0 unspecified atom stereocenters. The summed E-state index contributed by atoms with van der Waals surface area (Å²) in [6.07, 6.45) is 0. The zero-order chi connectivity index (χ0) is 27.6. The van der Waals surface area contributed by atoms with Gasteiger partial charge in [-0.3, -0.25) is 0 Å². The van der Waals surface area contributed by atoms with E-state index < -0.39 is 0 Å². The largest absolute Gasteiger partial charge is 0.456 e. The third kappa shape index (κ3) is 3.52. The van der Waals surface area contributed by atoms with E-state index >= 15 is 0 Å². The first-order chi connectivity index (χ1) is 20.8. The van der Waals surface area contributed by atoms with Gasteiger partial charge >= 0.3 is 0 Å². The molecule has 9 rings (SSSR count). The average Bonchev–Trinajstić information content (AvgIpc) is 3.55. The third-order valence-electron chi connectivity index (χ3n) is 8.51. The maximum absolute atomic E-state index is 6.41. The van der Waals surface area contributed by atoms with Gasteiger partial charge in [-0.1, -0.05) is 109 Å². The fourth-order valence-electron chi connectivity index (χ4n) is 6.47. The maximum Gasteiger partial charge on any atom is 0.135 e. The van der Waals surface area contributed by atoms with E-state index in [-0.39, 0.29) is 0 Å². The summed E-state index contributed by atoms with van der Waals surface area (Å²) in [5.41, 5.74) is 6.78. The molecular weight excluding hydrogens is 512 g/mol. The van der Waals surface area contributed by atoms with E-state index in [9.17, 15) is 0 Å². The van der Waals surface area contributed by atoms with Crippen LogP contribution in [0, 0.1) is 0 Å². The van der Waals surface area contributed by atoms with E-state index in [1.54, 1.807) is 0 Å². The summed E-state index contributed by atoms with van der Waals surface area (Å²) < 4.78 is 12.7. The first-order valence-corrected chi connectivity index (χ1v) is 14.3. The van der Waals surface area contributed by atoms with Crippen LogP contribution in [0.2, 0.25) is 0 Å². The maximum atomic E-state index is 6.41. The minimum Gasteiger partial charge on any atom is -0.456 e. The van der Waals surface area contributed by atoms with Gasteiger partial charge in [0.15, 0.2) is 0 Å². The second kappa shape index (κ2) is 8.95. The van der Waals surface area contributed by atoms with Crippen molar-refractivity contribution in [2.45, 2.75) is 0 Å². The van der Waals surface area contributed by atoms with Crippen molar-refractivity contribution in [2.24, 2.45) is 0 Å². The Morgan fingerprint density at radius 3 is 1.95 bits per heavy atom. The fraction of sp³-hybridized carbons (Fsp3) is 0. The lowest BCUT2D eigenvalue weighted by atomic mass is 9.93. The summed E-state index contributed by atoms with van der Waals surface area (Å²) in [6, 6.07) is 51.3. The van der Waals surface area contributed by atoms with Gasteiger partial charge in [0, 0.05) is 22.1 Å². The Bertz CT molecular complexity index is 2320. The van der Waals surface area contributed by atoms with Crippen molar-refractivity contribution in [3.05, 3.63) is 146 Å². The molecular formula is C40H24O2. The Labute approximate surface area is 243 Å². The summed E-state index contributed by atoms with van der Waals surface area (Å²) in [5.74, 6) is 3.46. The van der Waals surface area contributed by atoms with Crippen molar-refractivity contribution < 1.29 is 9.15 Å². The minimum absolute atomic E-state index is 0.837. The molecule has 0 amide bonds. The average molecular weight is 537 g/mol. The highest BCUT2D eigenvalue weighted by atomic mass is 16.5. The molecule has 0 radical (unpaired) electrons. The first kappa shape index (κ1) is 23.1. The van der Waals surface area contributed by atoms with Crippen LogP contribution in [-0.2, 0) is 0 Å². The summed E-state index contributed by atoms with van der Waals surface area (Å²) in [5, 5.41) is 7.43. The molecule has 8 aromatic rings. The molecule has 7 aromatic carbocycles. The monoisotopic (exact) mass is 536 g/mol. The third-order valence-corrected chi connectivity index (χ3v) is 8.51. The van der Waals surface area contributed by atoms with E-state index in [0.717, 1.165) is 45.1 Å². The van der Waals surface area contributed by atoms with E-state index in [2.05, 4.69) is 127 Å². The Balaban J connectivity index is 1.06. The molecule has 0 spiro atoms. The van der Waals surface area contributed by atoms with E-state index in [1.165, 1.54) is 43.6 Å². The van der Waals surface area contributed by atoms with Gasteiger partial charge in [-0.05, 0) is 80.0 Å². The van der Waals surface area contributed by atoms with Gasteiger partial charge in [0.1, 0.15) is 23.0 Å². The number of hydrogen-bond donors (Lipinski definition) is 0. The second-order valence-electron chi connectivity index (χ2n) is 10.9. The molecule has 0 saturated carbocycles. The molecule has 0 fully saturated rings. The predicted octanol–water partition coefficient (Wildman–Crippen LogP) is 11.5. The van der Waals surface area contributed by atoms with E-state index in [4.69, 9.17) is 9.15 Å². The van der Waals surface area contributed by atoms with Crippen molar-refractivity contribution >= 4 is 32.3 Å². The molecule has 1 aliphatic heterocycles. The highest BCUT2D eigenvalue weighted by Crippen LogP contribution is 2.47. The highest BCUT2D eigenvalue weighted by molar-refractivity contribution is 6.12. The summed E-state index contributed by atoms with van der Waals surface area (Å²) in [4.78, 5) is 0. The highest BCUT2D eigenvalue weighted by Gasteiger charge is 2.21. The molecule has 0 N–H and O–H groups in total. The van der Waals surface area contributed by atoms with Gasteiger partial charge in [0.05, 0.1) is 0 Å². The lowest BCUT2D eigenvalue weighted by Crippen LogP contribution is -1.97. The second-order valence-corrected chi connectivity index (χ2v) is 10.9. The van der Waals surface area contributed by atoms with Crippen LogP contribution in [0.3, 0.4) is 0 Å². The van der Waals surface area contributed by atoms with Crippen molar-refractivity contribution in [3.63, 3.8) is 0 Å². The van der Waals surface area contributed by atoms with Gasteiger partial charge in [0.25, 0.3) is 0 Å². The fourth-order valence-corrected chi connectivity index (χ4v) is 6.47. The van der Waals surface area contributed by atoms with Crippen LogP contribution < -0.4 is 4.74 Å². The molecule has 0 saturated heterocycles. The van der Waals surface area contributed by atoms with Crippen LogP contribution in [0.1, 0.15) is 0 Å². The molecule has 2 heterocycles. The molecule has 2 nitrogen and oxygen atoms in total.